The average Bonchev–Trinajstić information content (AvgIpc) is 2.23. The number of aliphatic hydroxyl groups is 1. The molecule has 0 atom stereocenters. The van der Waals surface area contributed by atoms with Gasteiger partial charge in [0.05, 0.1) is 6.61 Å². The number of hydrogen-bond acceptors (Lipinski definition) is 2. The molecule has 0 aromatic rings. The summed E-state index contributed by atoms with van der Waals surface area (Å²) >= 11 is 0. The van der Waals surface area contributed by atoms with Crippen LogP contribution in [-0.2, 0) is 4.79 Å². The molecule has 0 bridgehead atoms. The zero-order chi connectivity index (χ0) is 12.4. The predicted molar refractivity (Wildman–Crippen MR) is 67.2 cm³/mol. The van der Waals surface area contributed by atoms with Crippen molar-refractivity contribution in [2.45, 2.75) is 46.5 Å². The Labute approximate surface area is 99.1 Å². The third-order valence-electron chi connectivity index (χ3n) is 2.67. The number of rotatable bonds is 8. The largest absolute Gasteiger partial charge is 0.392 e. The topological polar surface area (TPSA) is 40.5 Å². The molecule has 0 unspecified atom stereocenters. The Bertz CT molecular complexity index is 224. The van der Waals surface area contributed by atoms with Gasteiger partial charge in [0.1, 0.15) is 0 Å². The molecule has 0 aliphatic carbocycles. The van der Waals surface area contributed by atoms with Crippen molar-refractivity contribution in [2.24, 2.45) is 0 Å². The van der Waals surface area contributed by atoms with Crippen LogP contribution in [0.3, 0.4) is 0 Å². The summed E-state index contributed by atoms with van der Waals surface area (Å²) in [6.45, 7) is 7.58. The van der Waals surface area contributed by atoms with Crippen molar-refractivity contribution in [1.29, 1.82) is 0 Å². The SMILES string of the molecule is CCCCN(CCCC(C)=CCO)C(C)=O. The molecule has 1 amide bonds. The quantitative estimate of drug-likeness (QED) is 0.647. The molecular formula is C13H25NO2. The number of allylic oxidation sites excluding steroid dienone is 1. The van der Waals surface area contributed by atoms with E-state index >= 15 is 0 Å². The van der Waals surface area contributed by atoms with Crippen molar-refractivity contribution in [3.8, 4) is 0 Å². The fraction of sp³-hybridized carbons (Fsp3) is 0.769. The van der Waals surface area contributed by atoms with Crippen molar-refractivity contribution in [2.75, 3.05) is 19.7 Å². The maximum Gasteiger partial charge on any atom is 0.219 e. The summed E-state index contributed by atoms with van der Waals surface area (Å²) in [5.74, 6) is 0.164. The Kier molecular flexibility index (Phi) is 8.91. The summed E-state index contributed by atoms with van der Waals surface area (Å²) in [5.41, 5.74) is 1.20. The molecule has 3 heteroatoms. The molecule has 0 heterocycles. The van der Waals surface area contributed by atoms with E-state index in [9.17, 15) is 4.79 Å². The van der Waals surface area contributed by atoms with Gasteiger partial charge in [-0.3, -0.25) is 4.79 Å². The molecule has 0 fully saturated rings. The minimum Gasteiger partial charge on any atom is -0.392 e. The first kappa shape index (κ1) is 15.2. The van der Waals surface area contributed by atoms with E-state index in [-0.39, 0.29) is 12.5 Å². The smallest absolute Gasteiger partial charge is 0.219 e. The van der Waals surface area contributed by atoms with Crippen molar-refractivity contribution < 1.29 is 9.90 Å². The fourth-order valence-corrected chi connectivity index (χ4v) is 1.58. The van der Waals surface area contributed by atoms with Gasteiger partial charge in [0.15, 0.2) is 0 Å². The van der Waals surface area contributed by atoms with E-state index in [0.717, 1.165) is 38.8 Å². The van der Waals surface area contributed by atoms with Crippen LogP contribution < -0.4 is 0 Å². The number of nitrogens with zero attached hydrogens (tertiary/aromatic N) is 1. The number of hydrogen-bond donors (Lipinski definition) is 1. The predicted octanol–water partition coefficient (Wildman–Crippen LogP) is 2.35. The van der Waals surface area contributed by atoms with Gasteiger partial charge in [0.2, 0.25) is 5.91 Å². The summed E-state index contributed by atoms with van der Waals surface area (Å²) in [4.78, 5) is 13.2. The summed E-state index contributed by atoms with van der Waals surface area (Å²) in [6, 6.07) is 0. The number of amides is 1. The van der Waals surface area contributed by atoms with Crippen molar-refractivity contribution >= 4 is 5.91 Å². The zero-order valence-corrected chi connectivity index (χ0v) is 10.8. The highest BCUT2D eigenvalue weighted by Gasteiger charge is 2.06. The summed E-state index contributed by atoms with van der Waals surface area (Å²) in [5, 5.41) is 8.71. The molecule has 0 radical (unpaired) electrons. The molecule has 94 valence electrons. The Hall–Kier alpha value is -0.830. The average molecular weight is 227 g/mol. The lowest BCUT2D eigenvalue weighted by Gasteiger charge is -2.20. The van der Waals surface area contributed by atoms with E-state index in [2.05, 4.69) is 6.92 Å². The van der Waals surface area contributed by atoms with Gasteiger partial charge in [0, 0.05) is 20.0 Å². The minimum atomic E-state index is 0.109. The lowest BCUT2D eigenvalue weighted by molar-refractivity contribution is -0.129. The van der Waals surface area contributed by atoms with Crippen molar-refractivity contribution in [3.63, 3.8) is 0 Å². The number of carbonyl (C=O) groups is 1. The van der Waals surface area contributed by atoms with Crippen LogP contribution in [0.4, 0.5) is 0 Å². The van der Waals surface area contributed by atoms with E-state index in [4.69, 9.17) is 5.11 Å². The first-order chi connectivity index (χ1) is 7.61. The number of carbonyl (C=O) groups excluding carboxylic acids is 1. The molecule has 0 saturated heterocycles. The third-order valence-corrected chi connectivity index (χ3v) is 2.67. The van der Waals surface area contributed by atoms with Crippen LogP contribution in [0.15, 0.2) is 11.6 Å². The molecule has 0 spiro atoms. The molecule has 0 aliphatic rings. The maximum atomic E-state index is 11.3. The second-order valence-corrected chi connectivity index (χ2v) is 4.20. The summed E-state index contributed by atoms with van der Waals surface area (Å²) in [6.07, 6.45) is 5.95. The first-order valence-corrected chi connectivity index (χ1v) is 6.13. The minimum absolute atomic E-state index is 0.109. The number of unbranched alkanes of at least 4 members (excludes halogenated alkanes) is 1. The Morgan fingerprint density at radius 1 is 1.25 bits per heavy atom. The van der Waals surface area contributed by atoms with E-state index in [1.165, 1.54) is 5.57 Å². The van der Waals surface area contributed by atoms with E-state index < -0.39 is 0 Å². The molecule has 0 aliphatic heterocycles. The van der Waals surface area contributed by atoms with Gasteiger partial charge >= 0.3 is 0 Å². The van der Waals surface area contributed by atoms with Gasteiger partial charge in [0.25, 0.3) is 0 Å². The molecule has 0 rings (SSSR count). The fourth-order valence-electron chi connectivity index (χ4n) is 1.58. The monoisotopic (exact) mass is 227 g/mol. The molecule has 16 heavy (non-hydrogen) atoms. The zero-order valence-electron chi connectivity index (χ0n) is 10.8. The molecule has 3 nitrogen and oxygen atoms in total. The molecule has 0 aromatic heterocycles. The van der Waals surface area contributed by atoms with E-state index in [0.29, 0.717) is 0 Å². The van der Waals surface area contributed by atoms with E-state index in [1.54, 1.807) is 6.92 Å². The van der Waals surface area contributed by atoms with Gasteiger partial charge in [-0.2, -0.15) is 0 Å². The number of aliphatic hydroxyl groups excluding tert-OH is 1. The van der Waals surface area contributed by atoms with Gasteiger partial charge in [-0.25, -0.2) is 0 Å². The van der Waals surface area contributed by atoms with Crippen LogP contribution >= 0.6 is 0 Å². The van der Waals surface area contributed by atoms with Gasteiger partial charge in [-0.05, 0) is 26.2 Å². The summed E-state index contributed by atoms with van der Waals surface area (Å²) in [7, 11) is 0. The maximum absolute atomic E-state index is 11.3. The van der Waals surface area contributed by atoms with Crippen LogP contribution in [0.25, 0.3) is 0 Å². The molecule has 0 aromatic carbocycles. The summed E-state index contributed by atoms with van der Waals surface area (Å²) < 4.78 is 0. The van der Waals surface area contributed by atoms with Crippen LogP contribution in [0.1, 0.15) is 46.5 Å². The lowest BCUT2D eigenvalue weighted by atomic mass is 10.1. The van der Waals surface area contributed by atoms with Crippen LogP contribution in [0.5, 0.6) is 0 Å². The normalized spacial score (nSPS) is 11.6. The molecular weight excluding hydrogens is 202 g/mol. The van der Waals surface area contributed by atoms with Crippen molar-refractivity contribution in [3.05, 3.63) is 11.6 Å². The van der Waals surface area contributed by atoms with Gasteiger partial charge in [-0.1, -0.05) is 25.0 Å². The Balaban J connectivity index is 3.84. The Morgan fingerprint density at radius 2 is 1.88 bits per heavy atom. The molecule has 0 saturated carbocycles. The highest BCUT2D eigenvalue weighted by molar-refractivity contribution is 5.73. The van der Waals surface area contributed by atoms with E-state index in [1.807, 2.05) is 17.9 Å². The second kappa shape index (κ2) is 9.40. The van der Waals surface area contributed by atoms with Crippen LogP contribution in [0.2, 0.25) is 0 Å². The standard InChI is InChI=1S/C13H25NO2/c1-4-5-9-14(13(3)16)10-6-7-12(2)8-11-15/h8,15H,4-7,9-11H2,1-3H3. The van der Waals surface area contributed by atoms with Crippen LogP contribution in [0, 0.1) is 0 Å². The van der Waals surface area contributed by atoms with Gasteiger partial charge < -0.3 is 10.0 Å². The van der Waals surface area contributed by atoms with Crippen LogP contribution in [-0.4, -0.2) is 35.6 Å². The Morgan fingerprint density at radius 3 is 2.38 bits per heavy atom. The lowest BCUT2D eigenvalue weighted by Crippen LogP contribution is -2.30. The van der Waals surface area contributed by atoms with Gasteiger partial charge in [-0.15, -0.1) is 0 Å². The van der Waals surface area contributed by atoms with Crippen molar-refractivity contribution in [1.82, 2.24) is 4.90 Å². The highest BCUT2D eigenvalue weighted by Crippen LogP contribution is 2.06. The third kappa shape index (κ3) is 7.46. The highest BCUT2D eigenvalue weighted by atomic mass is 16.2. The first-order valence-electron chi connectivity index (χ1n) is 6.13. The second-order valence-electron chi connectivity index (χ2n) is 4.20. The molecule has 1 N–H and O–H groups in total.